The van der Waals surface area contributed by atoms with E-state index in [9.17, 15) is 34.4 Å². The predicted octanol–water partition coefficient (Wildman–Crippen LogP) is 8.85. The highest BCUT2D eigenvalue weighted by atomic mass is 31.2. The van der Waals surface area contributed by atoms with Gasteiger partial charge in [-0.1, -0.05) is 143 Å². The summed E-state index contributed by atoms with van der Waals surface area (Å²) >= 11 is 0. The third-order valence-corrected chi connectivity index (χ3v) is 9.92. The van der Waals surface area contributed by atoms with Gasteiger partial charge < -0.3 is 43.2 Å². The number of aliphatic hydroxyl groups is 3. The van der Waals surface area contributed by atoms with Crippen LogP contribution in [0.1, 0.15) is 123 Å². The second-order valence-electron chi connectivity index (χ2n) is 15.9. The average molecular weight is 878 g/mol. The topological polar surface area (TPSA) is 172 Å². The molecule has 0 aliphatic rings. The van der Waals surface area contributed by atoms with E-state index in [1.807, 2.05) is 21.1 Å². The molecule has 0 aliphatic heterocycles. The number of unbranched alkanes of at least 4 members (excludes halogenated alkanes) is 6. The van der Waals surface area contributed by atoms with Gasteiger partial charge in [-0.25, -0.2) is 0 Å². The Balaban J connectivity index is 4.75. The average Bonchev–Trinajstić information content (AvgIpc) is 3.20. The molecular formula is C48H80NO11P. The van der Waals surface area contributed by atoms with Crippen molar-refractivity contribution in [2.75, 3.05) is 47.5 Å². The Morgan fingerprint density at radius 2 is 1.25 bits per heavy atom. The molecule has 0 spiro atoms. The number of hydrogen-bond acceptors (Lipinski definition) is 11. The van der Waals surface area contributed by atoms with Gasteiger partial charge in [-0.05, 0) is 64.2 Å². The molecule has 5 atom stereocenters. The number of quaternary nitrogens is 1. The van der Waals surface area contributed by atoms with Gasteiger partial charge in [0.05, 0.1) is 46.1 Å². The van der Waals surface area contributed by atoms with Crippen molar-refractivity contribution in [3.63, 3.8) is 0 Å². The molecule has 3 N–H and O–H groups in total. The minimum Gasteiger partial charge on any atom is -0.756 e. The number of rotatable bonds is 38. The van der Waals surface area contributed by atoms with Gasteiger partial charge >= 0.3 is 11.9 Å². The number of likely N-dealkylation sites (N-methyl/N-ethyl adjacent to an activating group) is 1. The highest BCUT2D eigenvalue weighted by molar-refractivity contribution is 7.45. The van der Waals surface area contributed by atoms with Crippen LogP contribution >= 0.6 is 7.82 Å². The third kappa shape index (κ3) is 40.6. The number of allylic oxidation sites excluding steroid dienone is 14. The summed E-state index contributed by atoms with van der Waals surface area (Å²) in [6, 6.07) is 0. The van der Waals surface area contributed by atoms with E-state index < -0.39 is 57.4 Å². The van der Waals surface area contributed by atoms with Gasteiger partial charge in [0.25, 0.3) is 7.82 Å². The predicted molar refractivity (Wildman–Crippen MR) is 244 cm³/mol. The summed E-state index contributed by atoms with van der Waals surface area (Å²) in [4.78, 5) is 37.6. The molecular weight excluding hydrogens is 797 g/mol. The van der Waals surface area contributed by atoms with E-state index >= 15 is 0 Å². The van der Waals surface area contributed by atoms with Crippen molar-refractivity contribution in [2.45, 2.75) is 147 Å². The van der Waals surface area contributed by atoms with Crippen molar-refractivity contribution >= 4 is 19.8 Å². The number of esters is 2. The lowest BCUT2D eigenvalue weighted by Gasteiger charge is -2.28. The maximum absolute atomic E-state index is 12.7. The first-order valence-electron chi connectivity index (χ1n) is 22.3. The molecule has 0 aromatic carbocycles. The van der Waals surface area contributed by atoms with Crippen LogP contribution < -0.4 is 4.89 Å². The lowest BCUT2D eigenvalue weighted by molar-refractivity contribution is -0.870. The van der Waals surface area contributed by atoms with E-state index in [2.05, 4.69) is 62.5 Å². The molecule has 0 rings (SSSR count). The van der Waals surface area contributed by atoms with Crippen LogP contribution in [0.25, 0.3) is 0 Å². The minimum atomic E-state index is -4.74. The monoisotopic (exact) mass is 878 g/mol. The molecule has 0 aromatic rings. The van der Waals surface area contributed by atoms with Crippen LogP contribution in [0.5, 0.6) is 0 Å². The molecule has 12 nitrogen and oxygen atoms in total. The number of ether oxygens (including phenoxy) is 2. The smallest absolute Gasteiger partial charge is 0.306 e. The first-order chi connectivity index (χ1) is 29.2. The van der Waals surface area contributed by atoms with Crippen molar-refractivity contribution < 1.29 is 57.4 Å². The lowest BCUT2D eigenvalue weighted by atomic mass is 10.1. The Hall–Kier alpha value is -3.19. The van der Waals surface area contributed by atoms with Crippen LogP contribution in [0.3, 0.4) is 0 Å². The Morgan fingerprint density at radius 3 is 1.89 bits per heavy atom. The Morgan fingerprint density at radius 1 is 0.656 bits per heavy atom. The first kappa shape index (κ1) is 57.8. The van der Waals surface area contributed by atoms with Crippen LogP contribution in [0.15, 0.2) is 97.2 Å². The molecule has 61 heavy (non-hydrogen) atoms. The zero-order valence-corrected chi connectivity index (χ0v) is 38.8. The van der Waals surface area contributed by atoms with E-state index in [4.69, 9.17) is 18.5 Å². The summed E-state index contributed by atoms with van der Waals surface area (Å²) in [7, 11) is 0.915. The van der Waals surface area contributed by atoms with Crippen LogP contribution in [-0.2, 0) is 32.7 Å². The second kappa shape index (κ2) is 38.5. The molecule has 1 unspecified atom stereocenters. The molecule has 0 aromatic heterocycles. The number of nitrogens with zero attached hydrogens (tertiary/aromatic N) is 1. The molecule has 0 bridgehead atoms. The summed E-state index contributed by atoms with van der Waals surface area (Å²) < 4.78 is 33.6. The molecule has 348 valence electrons. The highest BCUT2D eigenvalue weighted by Crippen LogP contribution is 2.38. The van der Waals surface area contributed by atoms with E-state index in [0.717, 1.165) is 77.0 Å². The van der Waals surface area contributed by atoms with E-state index in [0.29, 0.717) is 17.4 Å². The SMILES string of the molecule is CC/C=C\C/C=C\C/C=C\C/C=C\CCCCCCC(=O)OC[C@H](COP(=O)([O-])OCC[N+](C)(C)C)OC(=O)CCC[C@H](O)[C@@H](O)/C=C/C=C/C=C\C=C\[C@@H](O)CCCCC. The van der Waals surface area contributed by atoms with Crippen molar-refractivity contribution in [2.24, 2.45) is 0 Å². The van der Waals surface area contributed by atoms with Crippen molar-refractivity contribution in [3.05, 3.63) is 97.2 Å². The normalized spacial score (nSPS) is 16.0. The van der Waals surface area contributed by atoms with Gasteiger partial charge in [0.15, 0.2) is 6.10 Å². The first-order valence-corrected chi connectivity index (χ1v) is 23.7. The fourth-order valence-electron chi connectivity index (χ4n) is 5.32. The Labute approximate surface area is 368 Å². The molecule has 0 saturated carbocycles. The van der Waals surface area contributed by atoms with E-state index in [1.54, 1.807) is 42.5 Å². The number of phosphoric acid groups is 1. The molecule has 0 amide bonds. The number of carbonyl (C=O) groups excluding carboxylic acids is 2. The van der Waals surface area contributed by atoms with Gasteiger partial charge in [-0.2, -0.15) is 0 Å². The van der Waals surface area contributed by atoms with Crippen LogP contribution in [0, 0.1) is 0 Å². The summed E-state index contributed by atoms with van der Waals surface area (Å²) in [5, 5.41) is 30.6. The van der Waals surface area contributed by atoms with Gasteiger partial charge in [-0.15, -0.1) is 0 Å². The molecule has 0 fully saturated rings. The molecule has 13 heteroatoms. The number of hydrogen-bond donors (Lipinski definition) is 3. The number of carbonyl (C=O) groups is 2. The van der Waals surface area contributed by atoms with Gasteiger partial charge in [0.1, 0.15) is 19.8 Å². The second-order valence-corrected chi connectivity index (χ2v) is 17.3. The fraction of sp³-hybridized carbons (Fsp3) is 0.625. The highest BCUT2D eigenvalue weighted by Gasteiger charge is 2.22. The maximum atomic E-state index is 12.7. The number of aliphatic hydroxyl groups excluding tert-OH is 3. The van der Waals surface area contributed by atoms with Gasteiger partial charge in [0, 0.05) is 12.8 Å². The third-order valence-electron chi connectivity index (χ3n) is 8.95. The standard InChI is InChI=1S/C48H80NO11P/c1-6-8-10-11-12-13-14-15-16-17-18-19-20-21-22-27-31-37-47(53)57-41-44(42-59-61(55,56)58-40-39-49(3,4)5)60-48(54)38-32-36-46(52)45(51)35-30-26-24-23-25-29-34-43(50)33-28-9-7-2/h8,10,12-13,15-16,18-19,23-26,29-30,34-35,43-46,50-52H,6-7,9,11,14,17,20-22,27-28,31-33,36-42H2,1-5H3/b10-8-,13-12-,16-15-,19-18-,25-23-,26-24+,34-29+,35-30+/t43-,44+,45-,46-/m0/s1. The van der Waals surface area contributed by atoms with Gasteiger partial charge in [-0.3, -0.25) is 14.2 Å². The summed E-state index contributed by atoms with van der Waals surface area (Å²) in [5.41, 5.74) is 0. The van der Waals surface area contributed by atoms with Crippen molar-refractivity contribution in [1.29, 1.82) is 0 Å². The Kier molecular flexibility index (Phi) is 36.5. The summed E-state index contributed by atoms with van der Waals surface area (Å²) in [5.74, 6) is -1.20. The van der Waals surface area contributed by atoms with E-state index in [1.165, 1.54) is 6.08 Å². The zero-order chi connectivity index (χ0) is 45.5. The molecule has 0 saturated heterocycles. The van der Waals surface area contributed by atoms with Crippen LogP contribution in [-0.4, -0.2) is 104 Å². The molecule has 0 heterocycles. The van der Waals surface area contributed by atoms with Crippen molar-refractivity contribution in [1.82, 2.24) is 0 Å². The van der Waals surface area contributed by atoms with E-state index in [-0.39, 0.29) is 32.3 Å². The van der Waals surface area contributed by atoms with Crippen LogP contribution in [0.2, 0.25) is 0 Å². The summed E-state index contributed by atoms with van der Waals surface area (Å²) in [6.07, 6.45) is 39.4. The van der Waals surface area contributed by atoms with Crippen LogP contribution in [0.4, 0.5) is 0 Å². The summed E-state index contributed by atoms with van der Waals surface area (Å²) in [6.45, 7) is 3.54. The number of phosphoric ester groups is 1. The zero-order valence-electron chi connectivity index (χ0n) is 37.9. The lowest BCUT2D eigenvalue weighted by Crippen LogP contribution is -2.37. The van der Waals surface area contributed by atoms with Gasteiger partial charge in [0.2, 0.25) is 0 Å². The Bertz CT molecular complexity index is 1410. The molecule has 0 aliphatic carbocycles. The quantitative estimate of drug-likeness (QED) is 0.0135. The minimum absolute atomic E-state index is 0.0884. The molecule has 0 radical (unpaired) electrons. The fourth-order valence-corrected chi connectivity index (χ4v) is 6.05. The maximum Gasteiger partial charge on any atom is 0.306 e. The largest absolute Gasteiger partial charge is 0.756 e. The van der Waals surface area contributed by atoms with Crippen molar-refractivity contribution in [3.8, 4) is 0 Å².